The molecule has 0 spiro atoms. The number of aliphatic hydroxyl groups is 1. The van der Waals surface area contributed by atoms with Gasteiger partial charge in [0.25, 0.3) is 0 Å². The first-order valence-corrected chi connectivity index (χ1v) is 7.94. The first-order valence-electron chi connectivity index (χ1n) is 7.94. The summed E-state index contributed by atoms with van der Waals surface area (Å²) in [5, 5.41) is 11.8. The van der Waals surface area contributed by atoms with Gasteiger partial charge >= 0.3 is 0 Å². The predicted octanol–water partition coefficient (Wildman–Crippen LogP) is 1.93. The molecule has 1 aliphatic rings. The molecule has 4 nitrogen and oxygen atoms in total. The molecule has 0 radical (unpaired) electrons. The van der Waals surface area contributed by atoms with Crippen molar-refractivity contribution >= 4 is 5.91 Å². The number of carbonyl (C=O) groups is 1. The zero-order valence-corrected chi connectivity index (χ0v) is 12.6. The zero-order valence-electron chi connectivity index (χ0n) is 12.6. The number of aliphatic hydroxyl groups excluding tert-OH is 1. The highest BCUT2D eigenvalue weighted by molar-refractivity contribution is 5.76. The third kappa shape index (κ3) is 5.86. The lowest BCUT2D eigenvalue weighted by atomic mass is 10.0. The van der Waals surface area contributed by atoms with Crippen LogP contribution in [0.4, 0.5) is 0 Å². The van der Waals surface area contributed by atoms with Crippen molar-refractivity contribution in [1.29, 1.82) is 0 Å². The van der Waals surface area contributed by atoms with E-state index in [1.807, 2.05) is 6.07 Å². The lowest BCUT2D eigenvalue weighted by Gasteiger charge is -2.32. The van der Waals surface area contributed by atoms with Crippen LogP contribution in [0.5, 0.6) is 0 Å². The van der Waals surface area contributed by atoms with Crippen molar-refractivity contribution in [2.45, 2.75) is 44.7 Å². The van der Waals surface area contributed by atoms with E-state index in [1.165, 1.54) is 5.56 Å². The second-order valence-corrected chi connectivity index (χ2v) is 5.78. The van der Waals surface area contributed by atoms with Gasteiger partial charge in [-0.1, -0.05) is 30.3 Å². The van der Waals surface area contributed by atoms with Crippen LogP contribution in [0, 0.1) is 0 Å². The highest BCUT2D eigenvalue weighted by atomic mass is 16.3. The summed E-state index contributed by atoms with van der Waals surface area (Å²) in [5.74, 6) is 0.130. The fourth-order valence-electron chi connectivity index (χ4n) is 2.77. The Hall–Kier alpha value is -1.39. The van der Waals surface area contributed by atoms with Crippen molar-refractivity contribution < 1.29 is 9.90 Å². The van der Waals surface area contributed by atoms with Gasteiger partial charge in [-0.25, -0.2) is 0 Å². The molecule has 21 heavy (non-hydrogen) atoms. The smallest absolute Gasteiger partial charge is 0.220 e. The lowest BCUT2D eigenvalue weighted by molar-refractivity contribution is -0.122. The summed E-state index contributed by atoms with van der Waals surface area (Å²) in [4.78, 5) is 14.2. The standard InChI is InChI=1S/C17H26N2O2/c20-13-5-4-8-17(21)18-16-9-11-19(12-10-16)14-15-6-2-1-3-7-15/h1-3,6-7,16,20H,4-5,8-14H2,(H,18,21). The van der Waals surface area contributed by atoms with Crippen molar-refractivity contribution in [2.24, 2.45) is 0 Å². The van der Waals surface area contributed by atoms with Gasteiger partial charge in [-0.15, -0.1) is 0 Å². The van der Waals surface area contributed by atoms with Gasteiger partial charge in [-0.3, -0.25) is 9.69 Å². The van der Waals surface area contributed by atoms with Gasteiger partial charge in [0.15, 0.2) is 0 Å². The van der Waals surface area contributed by atoms with Gasteiger partial charge in [0.2, 0.25) is 5.91 Å². The molecule has 1 aromatic rings. The monoisotopic (exact) mass is 290 g/mol. The first-order chi connectivity index (χ1) is 10.3. The van der Waals surface area contributed by atoms with Crippen molar-refractivity contribution in [3.05, 3.63) is 35.9 Å². The number of rotatable bonds is 7. The summed E-state index contributed by atoms with van der Waals surface area (Å²) < 4.78 is 0. The van der Waals surface area contributed by atoms with Crippen LogP contribution < -0.4 is 5.32 Å². The topological polar surface area (TPSA) is 52.6 Å². The molecule has 1 amide bonds. The largest absolute Gasteiger partial charge is 0.396 e. The number of unbranched alkanes of at least 4 members (excludes halogenated alkanes) is 1. The van der Waals surface area contributed by atoms with E-state index in [-0.39, 0.29) is 12.5 Å². The Morgan fingerprint density at radius 3 is 2.57 bits per heavy atom. The molecule has 0 aromatic heterocycles. The Kier molecular flexibility index (Phi) is 6.70. The molecule has 1 fully saturated rings. The minimum absolute atomic E-state index is 0.130. The summed E-state index contributed by atoms with van der Waals surface area (Å²) in [6.45, 7) is 3.25. The van der Waals surface area contributed by atoms with Gasteiger partial charge < -0.3 is 10.4 Å². The third-order valence-electron chi connectivity index (χ3n) is 4.01. The number of hydrogen-bond acceptors (Lipinski definition) is 3. The molecule has 2 rings (SSSR count). The number of benzene rings is 1. The molecule has 1 heterocycles. The first kappa shape index (κ1) is 16.0. The van der Waals surface area contributed by atoms with Gasteiger partial charge in [-0.05, 0) is 31.2 Å². The van der Waals surface area contributed by atoms with E-state index < -0.39 is 0 Å². The molecule has 4 heteroatoms. The van der Waals surface area contributed by atoms with E-state index in [0.29, 0.717) is 18.9 Å². The molecule has 0 bridgehead atoms. The Bertz CT molecular complexity index is 414. The Morgan fingerprint density at radius 2 is 1.90 bits per heavy atom. The molecule has 0 atom stereocenters. The second kappa shape index (κ2) is 8.80. The number of piperidine rings is 1. The van der Waals surface area contributed by atoms with Crippen LogP contribution in [0.25, 0.3) is 0 Å². The van der Waals surface area contributed by atoms with Gasteiger partial charge in [0, 0.05) is 38.7 Å². The second-order valence-electron chi connectivity index (χ2n) is 5.78. The predicted molar refractivity (Wildman–Crippen MR) is 83.8 cm³/mol. The Balaban J connectivity index is 1.65. The molecule has 0 aliphatic carbocycles. The average Bonchev–Trinajstić information content (AvgIpc) is 2.51. The number of nitrogens with one attached hydrogen (secondary N) is 1. The summed E-state index contributed by atoms with van der Waals surface area (Å²) in [7, 11) is 0. The maximum absolute atomic E-state index is 11.8. The zero-order chi connectivity index (χ0) is 14.9. The fraction of sp³-hybridized carbons (Fsp3) is 0.588. The van der Waals surface area contributed by atoms with E-state index in [2.05, 4.69) is 34.5 Å². The summed E-state index contributed by atoms with van der Waals surface area (Å²) in [6.07, 6.45) is 4.07. The third-order valence-corrected chi connectivity index (χ3v) is 4.01. The molecule has 1 saturated heterocycles. The van der Waals surface area contributed by atoms with E-state index in [4.69, 9.17) is 5.11 Å². The van der Waals surface area contributed by atoms with Crippen LogP contribution in [0.15, 0.2) is 30.3 Å². The van der Waals surface area contributed by atoms with Crippen LogP contribution in [-0.2, 0) is 11.3 Å². The van der Waals surface area contributed by atoms with Crippen molar-refractivity contribution in [3.63, 3.8) is 0 Å². The summed E-state index contributed by atoms with van der Waals surface area (Å²) >= 11 is 0. The molecule has 0 saturated carbocycles. The number of amides is 1. The summed E-state index contributed by atoms with van der Waals surface area (Å²) in [6, 6.07) is 10.8. The normalized spacial score (nSPS) is 16.8. The molecular formula is C17H26N2O2. The van der Waals surface area contributed by atoms with Crippen molar-refractivity contribution in [1.82, 2.24) is 10.2 Å². The van der Waals surface area contributed by atoms with Crippen LogP contribution in [-0.4, -0.2) is 41.7 Å². The molecule has 0 unspecified atom stereocenters. The Labute approximate surface area is 127 Å². The van der Waals surface area contributed by atoms with Crippen molar-refractivity contribution in [3.8, 4) is 0 Å². The van der Waals surface area contributed by atoms with Crippen molar-refractivity contribution in [2.75, 3.05) is 19.7 Å². The minimum atomic E-state index is 0.130. The Morgan fingerprint density at radius 1 is 1.19 bits per heavy atom. The fourth-order valence-corrected chi connectivity index (χ4v) is 2.77. The quantitative estimate of drug-likeness (QED) is 0.755. The van der Waals surface area contributed by atoms with E-state index >= 15 is 0 Å². The van der Waals surface area contributed by atoms with Gasteiger partial charge in [0.05, 0.1) is 0 Å². The maximum Gasteiger partial charge on any atom is 0.220 e. The molecular weight excluding hydrogens is 264 g/mol. The average molecular weight is 290 g/mol. The van der Waals surface area contributed by atoms with Crippen LogP contribution in [0.2, 0.25) is 0 Å². The van der Waals surface area contributed by atoms with Crippen LogP contribution in [0.1, 0.15) is 37.7 Å². The van der Waals surface area contributed by atoms with E-state index in [1.54, 1.807) is 0 Å². The SMILES string of the molecule is O=C(CCCCO)NC1CCN(Cc2ccccc2)CC1. The number of likely N-dealkylation sites (tertiary alicyclic amines) is 1. The number of carbonyl (C=O) groups excluding carboxylic acids is 1. The number of hydrogen-bond donors (Lipinski definition) is 2. The molecule has 116 valence electrons. The maximum atomic E-state index is 11.8. The molecule has 1 aliphatic heterocycles. The van der Waals surface area contributed by atoms with Gasteiger partial charge in [0.1, 0.15) is 0 Å². The highest BCUT2D eigenvalue weighted by Gasteiger charge is 2.20. The highest BCUT2D eigenvalue weighted by Crippen LogP contribution is 2.14. The number of nitrogens with zero attached hydrogens (tertiary/aromatic N) is 1. The van der Waals surface area contributed by atoms with Crippen LogP contribution >= 0.6 is 0 Å². The van der Waals surface area contributed by atoms with E-state index in [0.717, 1.165) is 38.9 Å². The van der Waals surface area contributed by atoms with Crippen LogP contribution in [0.3, 0.4) is 0 Å². The minimum Gasteiger partial charge on any atom is -0.396 e. The van der Waals surface area contributed by atoms with E-state index in [9.17, 15) is 4.79 Å². The summed E-state index contributed by atoms with van der Waals surface area (Å²) in [5.41, 5.74) is 1.35. The lowest BCUT2D eigenvalue weighted by Crippen LogP contribution is -2.44. The molecule has 2 N–H and O–H groups in total. The van der Waals surface area contributed by atoms with Gasteiger partial charge in [-0.2, -0.15) is 0 Å². The molecule has 1 aromatic carbocycles.